The van der Waals surface area contributed by atoms with E-state index in [1.54, 1.807) is 48.8 Å². The fraction of sp³-hybridized carbons (Fsp3) is 0.100. The summed E-state index contributed by atoms with van der Waals surface area (Å²) in [5.41, 5.74) is 2.41. The predicted molar refractivity (Wildman–Crippen MR) is 108 cm³/mol. The van der Waals surface area contributed by atoms with E-state index in [9.17, 15) is 4.79 Å². The summed E-state index contributed by atoms with van der Waals surface area (Å²) in [6, 6.07) is 8.35. The molecule has 0 unspecified atom stereocenters. The molecule has 0 fully saturated rings. The Labute approximate surface area is 165 Å². The first-order valence-corrected chi connectivity index (χ1v) is 8.89. The summed E-state index contributed by atoms with van der Waals surface area (Å²) < 4.78 is 5.09. The molecular weight excluding hydrogens is 378 g/mol. The lowest BCUT2D eigenvalue weighted by molar-refractivity contribution is 0.398. The molecule has 0 spiro atoms. The van der Waals surface area contributed by atoms with Crippen molar-refractivity contribution in [1.29, 1.82) is 0 Å². The van der Waals surface area contributed by atoms with Crippen LogP contribution >= 0.6 is 11.6 Å². The van der Waals surface area contributed by atoms with Gasteiger partial charge in [-0.3, -0.25) is 4.79 Å². The fourth-order valence-electron chi connectivity index (χ4n) is 2.95. The van der Waals surface area contributed by atoms with Crippen molar-refractivity contribution in [1.82, 2.24) is 20.1 Å². The van der Waals surface area contributed by atoms with Crippen molar-refractivity contribution in [2.75, 3.05) is 5.32 Å². The molecule has 8 heteroatoms. The molecule has 0 saturated heterocycles. The van der Waals surface area contributed by atoms with Crippen LogP contribution in [-0.4, -0.2) is 20.1 Å². The van der Waals surface area contributed by atoms with Gasteiger partial charge in [0.25, 0.3) is 5.56 Å². The zero-order valence-corrected chi connectivity index (χ0v) is 15.7. The topological polar surface area (TPSA) is 96.7 Å². The van der Waals surface area contributed by atoms with Crippen LogP contribution in [0.4, 0.5) is 5.95 Å². The number of fused-ring (bicyclic) bond motifs is 1. The summed E-state index contributed by atoms with van der Waals surface area (Å²) >= 11 is 6.07. The maximum absolute atomic E-state index is 12.6. The van der Waals surface area contributed by atoms with Crippen LogP contribution in [0.5, 0.6) is 0 Å². The van der Waals surface area contributed by atoms with Crippen molar-refractivity contribution in [3.63, 3.8) is 0 Å². The Morgan fingerprint density at radius 2 is 2.18 bits per heavy atom. The summed E-state index contributed by atoms with van der Waals surface area (Å²) in [5, 5.41) is 8.33. The lowest BCUT2D eigenvalue weighted by Crippen LogP contribution is -2.21. The standard InChI is InChI=1S/C20H16ClN5O2/c1-3-16(14-9-12-8-13(21)4-5-17(12)24-19(14)27)25-20-22-7-6-18(26-20)15-10-23-28-11(15)2/h3-10,16H,1H2,2H3,(H,24,27)(H,22,25,26)/t16-/m0/s1. The zero-order chi connectivity index (χ0) is 19.7. The fourth-order valence-corrected chi connectivity index (χ4v) is 3.13. The van der Waals surface area contributed by atoms with E-state index in [0.29, 0.717) is 33.5 Å². The molecule has 4 aromatic rings. The second-order valence-corrected chi connectivity index (χ2v) is 6.64. The molecule has 1 aromatic carbocycles. The Morgan fingerprint density at radius 1 is 1.32 bits per heavy atom. The minimum Gasteiger partial charge on any atom is -0.361 e. The van der Waals surface area contributed by atoms with Crippen LogP contribution in [0.15, 0.2) is 64.7 Å². The molecule has 0 aliphatic rings. The third-order valence-corrected chi connectivity index (χ3v) is 4.61. The van der Waals surface area contributed by atoms with Crippen molar-refractivity contribution in [3.05, 3.63) is 82.1 Å². The lowest BCUT2D eigenvalue weighted by Gasteiger charge is -2.15. The molecule has 0 amide bonds. The summed E-state index contributed by atoms with van der Waals surface area (Å²) in [6.45, 7) is 5.65. The molecule has 0 aliphatic heterocycles. The monoisotopic (exact) mass is 393 g/mol. The van der Waals surface area contributed by atoms with E-state index in [0.717, 1.165) is 10.9 Å². The first kappa shape index (κ1) is 17.9. The van der Waals surface area contributed by atoms with Gasteiger partial charge < -0.3 is 14.8 Å². The highest BCUT2D eigenvalue weighted by Gasteiger charge is 2.15. The molecule has 0 saturated carbocycles. The van der Waals surface area contributed by atoms with Gasteiger partial charge in [0.1, 0.15) is 5.76 Å². The van der Waals surface area contributed by atoms with E-state index >= 15 is 0 Å². The van der Waals surface area contributed by atoms with Crippen molar-refractivity contribution in [3.8, 4) is 11.3 Å². The first-order chi connectivity index (χ1) is 13.5. The number of H-pyrrole nitrogens is 1. The number of anilines is 1. The smallest absolute Gasteiger partial charge is 0.254 e. The lowest BCUT2D eigenvalue weighted by atomic mass is 10.1. The Kier molecular flexibility index (Phi) is 4.67. The van der Waals surface area contributed by atoms with Crippen molar-refractivity contribution < 1.29 is 4.52 Å². The molecule has 0 radical (unpaired) electrons. The van der Waals surface area contributed by atoms with E-state index in [1.807, 2.05) is 6.92 Å². The molecule has 0 aliphatic carbocycles. The normalized spacial score (nSPS) is 12.1. The minimum atomic E-state index is -0.494. The maximum Gasteiger partial charge on any atom is 0.254 e. The first-order valence-electron chi connectivity index (χ1n) is 8.51. The Bertz CT molecular complexity index is 1230. The number of benzene rings is 1. The molecule has 0 bridgehead atoms. The molecule has 3 aromatic heterocycles. The SMILES string of the molecule is C=C[C@H](Nc1nccc(-c2cnoc2C)n1)c1cc2cc(Cl)ccc2[nH]c1=O. The maximum atomic E-state index is 12.6. The van der Waals surface area contributed by atoms with Gasteiger partial charge in [-0.05, 0) is 37.3 Å². The number of hydrogen-bond acceptors (Lipinski definition) is 6. The summed E-state index contributed by atoms with van der Waals surface area (Å²) in [6.07, 6.45) is 4.85. The number of pyridine rings is 1. The summed E-state index contributed by atoms with van der Waals surface area (Å²) in [7, 11) is 0. The van der Waals surface area contributed by atoms with E-state index < -0.39 is 6.04 Å². The number of rotatable bonds is 5. The predicted octanol–water partition coefficient (Wildman–Crippen LogP) is 4.27. The van der Waals surface area contributed by atoms with Gasteiger partial charge in [-0.2, -0.15) is 0 Å². The largest absolute Gasteiger partial charge is 0.361 e. The van der Waals surface area contributed by atoms with Gasteiger partial charge in [0.2, 0.25) is 5.95 Å². The second kappa shape index (κ2) is 7.28. The van der Waals surface area contributed by atoms with Crippen LogP contribution in [-0.2, 0) is 0 Å². The van der Waals surface area contributed by atoms with Crippen molar-refractivity contribution in [2.45, 2.75) is 13.0 Å². The van der Waals surface area contributed by atoms with Crippen LogP contribution in [0.25, 0.3) is 22.2 Å². The number of aromatic amines is 1. The highest BCUT2D eigenvalue weighted by molar-refractivity contribution is 6.31. The van der Waals surface area contributed by atoms with Crippen LogP contribution in [0.1, 0.15) is 17.4 Å². The van der Waals surface area contributed by atoms with Gasteiger partial charge in [0.05, 0.1) is 23.5 Å². The zero-order valence-electron chi connectivity index (χ0n) is 14.9. The van der Waals surface area contributed by atoms with Gasteiger partial charge in [-0.25, -0.2) is 9.97 Å². The number of aromatic nitrogens is 4. The molecule has 140 valence electrons. The van der Waals surface area contributed by atoms with E-state index in [1.165, 1.54) is 0 Å². The molecular formula is C20H16ClN5O2. The van der Waals surface area contributed by atoms with Gasteiger partial charge >= 0.3 is 0 Å². The highest BCUT2D eigenvalue weighted by atomic mass is 35.5. The van der Waals surface area contributed by atoms with Gasteiger partial charge in [0, 0.05) is 27.7 Å². The Balaban J connectivity index is 1.70. The number of halogens is 1. The summed E-state index contributed by atoms with van der Waals surface area (Å²) in [5.74, 6) is 1.02. The number of hydrogen-bond donors (Lipinski definition) is 2. The van der Waals surface area contributed by atoms with Crippen LogP contribution in [0, 0.1) is 6.92 Å². The number of nitrogens with zero attached hydrogens (tertiary/aromatic N) is 3. The summed E-state index contributed by atoms with van der Waals surface area (Å²) in [4.78, 5) is 24.2. The van der Waals surface area contributed by atoms with Crippen LogP contribution in [0.2, 0.25) is 5.02 Å². The third kappa shape index (κ3) is 3.39. The van der Waals surface area contributed by atoms with Crippen molar-refractivity contribution in [2.24, 2.45) is 0 Å². The number of aryl methyl sites for hydroxylation is 1. The highest BCUT2D eigenvalue weighted by Crippen LogP contribution is 2.24. The molecule has 7 nitrogen and oxygen atoms in total. The van der Waals surface area contributed by atoms with E-state index in [2.05, 4.69) is 32.0 Å². The van der Waals surface area contributed by atoms with Crippen molar-refractivity contribution >= 4 is 28.5 Å². The van der Waals surface area contributed by atoms with Crippen LogP contribution in [0.3, 0.4) is 0 Å². The average Bonchev–Trinajstić information content (AvgIpc) is 3.12. The third-order valence-electron chi connectivity index (χ3n) is 4.37. The molecule has 1 atom stereocenters. The van der Waals surface area contributed by atoms with E-state index in [4.69, 9.17) is 16.1 Å². The quantitative estimate of drug-likeness (QED) is 0.491. The molecule has 2 N–H and O–H groups in total. The molecule has 4 rings (SSSR count). The average molecular weight is 394 g/mol. The van der Waals surface area contributed by atoms with Gasteiger partial charge in [0.15, 0.2) is 0 Å². The van der Waals surface area contributed by atoms with E-state index in [-0.39, 0.29) is 5.56 Å². The minimum absolute atomic E-state index is 0.224. The number of nitrogens with one attached hydrogen (secondary N) is 2. The molecule has 3 heterocycles. The van der Waals surface area contributed by atoms with Gasteiger partial charge in [-0.1, -0.05) is 22.8 Å². The van der Waals surface area contributed by atoms with Gasteiger partial charge in [-0.15, -0.1) is 6.58 Å². The van der Waals surface area contributed by atoms with Crippen LogP contribution < -0.4 is 10.9 Å². The Hall–Kier alpha value is -3.45. The Morgan fingerprint density at radius 3 is 2.93 bits per heavy atom. The second-order valence-electron chi connectivity index (χ2n) is 6.20. The molecule has 28 heavy (non-hydrogen) atoms.